The van der Waals surface area contributed by atoms with Crippen molar-refractivity contribution >= 4 is 15.7 Å². The van der Waals surface area contributed by atoms with Crippen LogP contribution in [-0.2, 0) is 21.8 Å². The summed E-state index contributed by atoms with van der Waals surface area (Å²) in [6.45, 7) is 4.45. The fourth-order valence-electron chi connectivity index (χ4n) is 4.11. The summed E-state index contributed by atoms with van der Waals surface area (Å²) in [7, 11) is -1.82. The Morgan fingerprint density at radius 3 is 2.81 bits per heavy atom. The molecule has 3 heterocycles. The van der Waals surface area contributed by atoms with Crippen molar-refractivity contribution in [3.8, 4) is 0 Å². The molecule has 8 heteroatoms. The van der Waals surface area contributed by atoms with Gasteiger partial charge in [-0.05, 0) is 42.9 Å². The molecule has 3 atom stereocenters. The van der Waals surface area contributed by atoms with Crippen molar-refractivity contribution in [2.75, 3.05) is 31.6 Å². The lowest BCUT2D eigenvalue weighted by atomic mass is 9.87. The lowest BCUT2D eigenvalue weighted by molar-refractivity contribution is 0.172. The number of aromatic nitrogens is 2. The second-order valence-corrected chi connectivity index (χ2v) is 9.49. The molecule has 27 heavy (non-hydrogen) atoms. The maximum Gasteiger partial charge on any atom is 0.262 e. The number of hydrogen-bond acceptors (Lipinski definition) is 5. The van der Waals surface area contributed by atoms with Crippen LogP contribution in [0.2, 0.25) is 0 Å². The number of anilines is 1. The number of imidazole rings is 1. The molecular weight excluding hydrogens is 364 g/mol. The number of hydrogen-bond donors (Lipinski definition) is 1. The molecule has 1 aromatic carbocycles. The zero-order valence-electron chi connectivity index (χ0n) is 15.7. The van der Waals surface area contributed by atoms with E-state index in [-0.39, 0.29) is 17.0 Å². The first-order chi connectivity index (χ1) is 12.9. The Bertz CT molecular complexity index is 905. The molecule has 0 spiro atoms. The van der Waals surface area contributed by atoms with E-state index in [9.17, 15) is 8.42 Å². The maximum atomic E-state index is 13.1. The Labute approximate surface area is 160 Å². The average Bonchev–Trinajstić information content (AvgIpc) is 3.34. The first-order valence-corrected chi connectivity index (χ1v) is 10.8. The SMILES string of the molecule is Cc1cccc(N[C@H]2CN(S(=O)(=O)c3cn(C)cn3)C[C@@H]2C2CCOC2)c1. The Morgan fingerprint density at radius 1 is 1.30 bits per heavy atom. The van der Waals surface area contributed by atoms with Crippen molar-refractivity contribution in [1.82, 2.24) is 13.9 Å². The fraction of sp³-hybridized carbons (Fsp3) is 0.526. The molecule has 0 bridgehead atoms. The summed E-state index contributed by atoms with van der Waals surface area (Å²) in [6, 6.07) is 8.25. The van der Waals surface area contributed by atoms with E-state index in [1.807, 2.05) is 12.1 Å². The number of nitrogens with one attached hydrogen (secondary N) is 1. The summed E-state index contributed by atoms with van der Waals surface area (Å²) < 4.78 is 34.9. The molecule has 1 aromatic heterocycles. The van der Waals surface area contributed by atoms with E-state index in [0.29, 0.717) is 25.6 Å². The molecule has 0 aliphatic carbocycles. The quantitative estimate of drug-likeness (QED) is 0.843. The predicted octanol–water partition coefficient (Wildman–Crippen LogP) is 1.87. The number of rotatable bonds is 5. The van der Waals surface area contributed by atoms with Crippen molar-refractivity contribution in [2.45, 2.75) is 24.4 Å². The van der Waals surface area contributed by atoms with Gasteiger partial charge in [-0.3, -0.25) is 0 Å². The van der Waals surface area contributed by atoms with E-state index in [2.05, 4.69) is 29.4 Å². The second-order valence-electron chi connectivity index (χ2n) is 7.61. The van der Waals surface area contributed by atoms with E-state index in [0.717, 1.165) is 18.7 Å². The van der Waals surface area contributed by atoms with Crippen LogP contribution in [0.1, 0.15) is 12.0 Å². The molecule has 2 aromatic rings. The van der Waals surface area contributed by atoms with Gasteiger partial charge in [0.05, 0.1) is 6.33 Å². The lowest BCUT2D eigenvalue weighted by Crippen LogP contribution is -2.33. The second kappa shape index (κ2) is 7.26. The highest BCUT2D eigenvalue weighted by Crippen LogP contribution is 2.34. The zero-order chi connectivity index (χ0) is 19.0. The van der Waals surface area contributed by atoms with E-state index >= 15 is 0 Å². The zero-order valence-corrected chi connectivity index (χ0v) is 16.5. The van der Waals surface area contributed by atoms with Gasteiger partial charge < -0.3 is 14.6 Å². The molecular formula is C19H26N4O3S. The summed E-state index contributed by atoms with van der Waals surface area (Å²) in [4.78, 5) is 4.06. The van der Waals surface area contributed by atoms with Crippen LogP contribution < -0.4 is 5.32 Å². The molecule has 0 saturated carbocycles. The van der Waals surface area contributed by atoms with Crippen molar-refractivity contribution < 1.29 is 13.2 Å². The summed E-state index contributed by atoms with van der Waals surface area (Å²) in [5, 5.41) is 3.69. The minimum atomic E-state index is -3.59. The Morgan fingerprint density at radius 2 is 2.15 bits per heavy atom. The van der Waals surface area contributed by atoms with Crippen LogP contribution in [0.25, 0.3) is 0 Å². The number of aryl methyl sites for hydroxylation is 2. The number of benzene rings is 1. The molecule has 7 nitrogen and oxygen atoms in total. The van der Waals surface area contributed by atoms with Gasteiger partial charge in [0.15, 0.2) is 5.03 Å². The minimum Gasteiger partial charge on any atom is -0.381 e. The summed E-state index contributed by atoms with van der Waals surface area (Å²) >= 11 is 0. The molecule has 1 unspecified atom stereocenters. The standard InChI is InChI=1S/C19H26N4O3S/c1-14-4-3-5-16(8-14)21-18-10-23(9-17(18)15-6-7-26-12-15)27(24,25)19-11-22(2)13-20-19/h3-5,8,11,13,15,17-18,21H,6-7,9-10,12H2,1-2H3/t15?,17-,18+/m1/s1. The highest BCUT2D eigenvalue weighted by Gasteiger charge is 2.44. The number of sulfonamides is 1. The van der Waals surface area contributed by atoms with Crippen LogP contribution in [-0.4, -0.2) is 54.6 Å². The van der Waals surface area contributed by atoms with E-state index in [4.69, 9.17) is 4.74 Å². The lowest BCUT2D eigenvalue weighted by Gasteiger charge is -2.25. The van der Waals surface area contributed by atoms with Crippen LogP contribution in [0.15, 0.2) is 41.8 Å². The van der Waals surface area contributed by atoms with Gasteiger partial charge in [0.25, 0.3) is 10.0 Å². The van der Waals surface area contributed by atoms with E-state index < -0.39 is 10.0 Å². The first-order valence-electron chi connectivity index (χ1n) is 9.32. The average molecular weight is 391 g/mol. The largest absolute Gasteiger partial charge is 0.381 e. The number of nitrogens with zero attached hydrogens (tertiary/aromatic N) is 3. The topological polar surface area (TPSA) is 76.5 Å². The third kappa shape index (κ3) is 3.74. The molecule has 2 aliphatic rings. The van der Waals surface area contributed by atoms with Crippen LogP contribution >= 0.6 is 0 Å². The van der Waals surface area contributed by atoms with Crippen molar-refractivity contribution in [3.63, 3.8) is 0 Å². The van der Waals surface area contributed by atoms with Gasteiger partial charge in [0.2, 0.25) is 0 Å². The smallest absolute Gasteiger partial charge is 0.262 e. The monoisotopic (exact) mass is 390 g/mol. The maximum absolute atomic E-state index is 13.1. The molecule has 146 valence electrons. The summed E-state index contributed by atoms with van der Waals surface area (Å²) in [6.07, 6.45) is 4.06. The predicted molar refractivity (Wildman–Crippen MR) is 103 cm³/mol. The van der Waals surface area contributed by atoms with E-state index in [1.54, 1.807) is 22.1 Å². The van der Waals surface area contributed by atoms with Gasteiger partial charge in [-0.25, -0.2) is 13.4 Å². The van der Waals surface area contributed by atoms with Crippen LogP contribution in [0, 0.1) is 18.8 Å². The van der Waals surface area contributed by atoms with Gasteiger partial charge in [-0.1, -0.05) is 12.1 Å². The van der Waals surface area contributed by atoms with Gasteiger partial charge in [0, 0.05) is 51.3 Å². The van der Waals surface area contributed by atoms with Gasteiger partial charge >= 0.3 is 0 Å². The Hall–Kier alpha value is -1.90. The number of ether oxygens (including phenoxy) is 1. The van der Waals surface area contributed by atoms with Crippen LogP contribution in [0.4, 0.5) is 5.69 Å². The van der Waals surface area contributed by atoms with Crippen molar-refractivity contribution in [3.05, 3.63) is 42.4 Å². The van der Waals surface area contributed by atoms with Crippen molar-refractivity contribution in [1.29, 1.82) is 0 Å². The summed E-state index contributed by atoms with van der Waals surface area (Å²) in [5.41, 5.74) is 2.21. The third-order valence-electron chi connectivity index (χ3n) is 5.56. The molecule has 2 aliphatic heterocycles. The Kier molecular flexibility index (Phi) is 4.96. The first kappa shape index (κ1) is 18.5. The van der Waals surface area contributed by atoms with Crippen LogP contribution in [0.5, 0.6) is 0 Å². The minimum absolute atomic E-state index is 0.0528. The molecule has 1 N–H and O–H groups in total. The van der Waals surface area contributed by atoms with Crippen LogP contribution in [0.3, 0.4) is 0 Å². The molecule has 2 fully saturated rings. The highest BCUT2D eigenvalue weighted by atomic mass is 32.2. The highest BCUT2D eigenvalue weighted by molar-refractivity contribution is 7.89. The molecule has 4 rings (SSSR count). The normalized spacial score (nSPS) is 26.5. The van der Waals surface area contributed by atoms with Crippen molar-refractivity contribution in [2.24, 2.45) is 18.9 Å². The van der Waals surface area contributed by atoms with E-state index in [1.165, 1.54) is 11.9 Å². The van der Waals surface area contributed by atoms with Gasteiger partial charge in [-0.15, -0.1) is 0 Å². The fourth-order valence-corrected chi connectivity index (χ4v) is 5.58. The molecule has 0 radical (unpaired) electrons. The van der Waals surface area contributed by atoms with Gasteiger partial charge in [-0.2, -0.15) is 4.31 Å². The molecule has 0 amide bonds. The third-order valence-corrected chi connectivity index (χ3v) is 7.27. The van der Waals surface area contributed by atoms with Gasteiger partial charge in [0.1, 0.15) is 0 Å². The summed E-state index contributed by atoms with van der Waals surface area (Å²) in [5.74, 6) is 0.586. The Balaban J connectivity index is 1.59. The molecule has 2 saturated heterocycles.